The van der Waals surface area contributed by atoms with Crippen LogP contribution in [0.5, 0.6) is 0 Å². The molecule has 1 saturated heterocycles. The van der Waals surface area contributed by atoms with E-state index in [0.29, 0.717) is 18.7 Å². The normalized spacial score (nSPS) is 24.6. The van der Waals surface area contributed by atoms with Crippen molar-refractivity contribution in [3.05, 3.63) is 30.1 Å². The van der Waals surface area contributed by atoms with Crippen LogP contribution in [-0.2, 0) is 0 Å². The first kappa shape index (κ1) is 14.1. The highest BCUT2D eigenvalue weighted by molar-refractivity contribution is 5.48. The van der Waals surface area contributed by atoms with Gasteiger partial charge >= 0.3 is 6.18 Å². The predicted molar refractivity (Wildman–Crippen MR) is 65.4 cm³/mol. The number of piperidine rings is 1. The molecule has 0 aromatic heterocycles. The summed E-state index contributed by atoms with van der Waals surface area (Å²) in [7, 11) is 0. The van der Waals surface area contributed by atoms with Gasteiger partial charge in [-0.1, -0.05) is 12.1 Å². The highest BCUT2D eigenvalue weighted by atomic mass is 19.4. The fraction of sp³-hybridized carbons (Fsp3) is 0.538. The van der Waals surface area contributed by atoms with Crippen molar-refractivity contribution in [2.75, 3.05) is 18.0 Å². The Morgan fingerprint density at radius 3 is 2.53 bits per heavy atom. The lowest BCUT2D eigenvalue weighted by molar-refractivity contribution is -0.145. The maximum absolute atomic E-state index is 13.7. The molecule has 1 aromatic rings. The van der Waals surface area contributed by atoms with Crippen LogP contribution in [0.25, 0.3) is 0 Å². The van der Waals surface area contributed by atoms with E-state index in [1.807, 2.05) is 0 Å². The van der Waals surface area contributed by atoms with Crippen LogP contribution >= 0.6 is 0 Å². The summed E-state index contributed by atoms with van der Waals surface area (Å²) in [5.41, 5.74) is 6.11. The van der Waals surface area contributed by atoms with Crippen LogP contribution in [0.3, 0.4) is 0 Å². The Kier molecular flexibility index (Phi) is 3.99. The Bertz CT molecular complexity index is 433. The molecular weight excluding hydrogens is 260 g/mol. The van der Waals surface area contributed by atoms with Crippen LogP contribution in [0.1, 0.15) is 12.8 Å². The molecule has 0 radical (unpaired) electrons. The van der Waals surface area contributed by atoms with Gasteiger partial charge in [-0.15, -0.1) is 0 Å². The number of alkyl halides is 3. The third kappa shape index (κ3) is 3.83. The first-order valence-corrected chi connectivity index (χ1v) is 6.17. The summed E-state index contributed by atoms with van der Waals surface area (Å²) in [5, 5.41) is 0. The third-order valence-electron chi connectivity index (χ3n) is 3.28. The zero-order valence-electron chi connectivity index (χ0n) is 10.3. The van der Waals surface area contributed by atoms with Gasteiger partial charge in [0.2, 0.25) is 0 Å². The maximum Gasteiger partial charge on any atom is 0.389 e. The second-order valence-electron chi connectivity index (χ2n) is 5.04. The highest BCUT2D eigenvalue weighted by Crippen LogP contribution is 2.32. The van der Waals surface area contributed by atoms with Crippen LogP contribution in [0, 0.1) is 11.7 Å². The quantitative estimate of drug-likeness (QED) is 0.842. The minimum atomic E-state index is -4.21. The van der Waals surface area contributed by atoms with Crippen LogP contribution in [0.2, 0.25) is 0 Å². The van der Waals surface area contributed by atoms with Crippen molar-refractivity contribution < 1.29 is 17.6 Å². The maximum atomic E-state index is 13.7. The van der Waals surface area contributed by atoms with Crippen LogP contribution in [0.15, 0.2) is 24.3 Å². The molecule has 0 aliphatic carbocycles. The van der Waals surface area contributed by atoms with Crippen molar-refractivity contribution in [2.45, 2.75) is 25.1 Å². The SMILES string of the molecule is NC1CC(CC(F)(F)F)CN(c2ccccc2F)C1. The molecule has 2 N–H and O–H groups in total. The fourth-order valence-electron chi connectivity index (χ4n) is 2.63. The molecule has 1 aliphatic heterocycles. The summed E-state index contributed by atoms with van der Waals surface area (Å²) in [6, 6.07) is 5.72. The number of hydrogen-bond donors (Lipinski definition) is 1. The molecule has 0 saturated carbocycles. The molecule has 1 aliphatic rings. The van der Waals surface area contributed by atoms with E-state index < -0.39 is 24.3 Å². The van der Waals surface area contributed by atoms with E-state index in [-0.39, 0.29) is 12.6 Å². The molecule has 0 bridgehead atoms. The Labute approximate surface area is 109 Å². The number of hydrogen-bond acceptors (Lipinski definition) is 2. The van der Waals surface area contributed by atoms with Gasteiger partial charge in [0.15, 0.2) is 0 Å². The lowest BCUT2D eigenvalue weighted by atomic mass is 9.91. The molecule has 1 heterocycles. The van der Waals surface area contributed by atoms with E-state index in [9.17, 15) is 17.6 Å². The van der Waals surface area contributed by atoms with Crippen LogP contribution in [0.4, 0.5) is 23.2 Å². The minimum absolute atomic E-state index is 0.189. The van der Waals surface area contributed by atoms with Gasteiger partial charge in [0.05, 0.1) is 5.69 Å². The molecule has 6 heteroatoms. The first-order valence-electron chi connectivity index (χ1n) is 6.17. The molecule has 2 nitrogen and oxygen atoms in total. The topological polar surface area (TPSA) is 29.3 Å². The zero-order valence-corrected chi connectivity index (χ0v) is 10.3. The smallest absolute Gasteiger partial charge is 0.367 e. The summed E-state index contributed by atoms with van der Waals surface area (Å²) in [4.78, 5) is 1.61. The lowest BCUT2D eigenvalue weighted by Crippen LogP contribution is -2.48. The van der Waals surface area contributed by atoms with Crippen molar-refractivity contribution in [3.8, 4) is 0 Å². The van der Waals surface area contributed by atoms with Gasteiger partial charge in [-0.2, -0.15) is 13.2 Å². The summed E-state index contributed by atoms with van der Waals surface area (Å²) in [6.45, 7) is 0.573. The Balaban J connectivity index is 2.12. The average Bonchev–Trinajstić information content (AvgIpc) is 2.26. The zero-order chi connectivity index (χ0) is 14.0. The number of halogens is 4. The van der Waals surface area contributed by atoms with E-state index in [1.54, 1.807) is 23.1 Å². The summed E-state index contributed by atoms with van der Waals surface area (Å²) in [5.74, 6) is -1.01. The van der Waals surface area contributed by atoms with Crippen LogP contribution < -0.4 is 10.6 Å². The fourth-order valence-corrected chi connectivity index (χ4v) is 2.63. The Morgan fingerprint density at radius 1 is 1.21 bits per heavy atom. The van der Waals surface area contributed by atoms with Gasteiger partial charge in [-0.05, 0) is 24.5 Å². The molecule has 19 heavy (non-hydrogen) atoms. The number of anilines is 1. The molecule has 2 unspecified atom stereocenters. The van der Waals surface area contributed by atoms with Crippen molar-refractivity contribution in [1.82, 2.24) is 0 Å². The molecular formula is C13H16F4N2. The standard InChI is InChI=1S/C13H16F4N2/c14-11-3-1-2-4-12(11)19-7-9(5-10(18)8-19)6-13(15,16)17/h1-4,9-10H,5-8,18H2. The second kappa shape index (κ2) is 5.36. The Hall–Kier alpha value is -1.30. The van der Waals surface area contributed by atoms with Crippen LogP contribution in [-0.4, -0.2) is 25.3 Å². The average molecular weight is 276 g/mol. The predicted octanol–water partition coefficient (Wildman–Crippen LogP) is 2.93. The number of para-hydroxylation sites is 1. The first-order chi connectivity index (χ1) is 8.85. The van der Waals surface area contributed by atoms with E-state index in [4.69, 9.17) is 5.73 Å². The molecule has 2 atom stereocenters. The lowest BCUT2D eigenvalue weighted by Gasteiger charge is -2.38. The molecule has 106 valence electrons. The van der Waals surface area contributed by atoms with Gasteiger partial charge in [0.25, 0.3) is 0 Å². The van der Waals surface area contributed by atoms with E-state index in [1.165, 1.54) is 6.07 Å². The van der Waals surface area contributed by atoms with Crippen molar-refractivity contribution in [3.63, 3.8) is 0 Å². The van der Waals surface area contributed by atoms with Gasteiger partial charge in [0.1, 0.15) is 5.82 Å². The summed E-state index contributed by atoms with van der Waals surface area (Å²) < 4.78 is 51.0. The second-order valence-corrected chi connectivity index (χ2v) is 5.04. The minimum Gasteiger partial charge on any atom is -0.367 e. The van der Waals surface area contributed by atoms with Gasteiger partial charge in [-0.25, -0.2) is 4.39 Å². The molecule has 0 spiro atoms. The van der Waals surface area contributed by atoms with E-state index in [0.717, 1.165) is 0 Å². The summed E-state index contributed by atoms with van der Waals surface area (Å²) in [6.07, 6.45) is -4.75. The number of nitrogens with zero attached hydrogens (tertiary/aromatic N) is 1. The molecule has 0 amide bonds. The summed E-state index contributed by atoms with van der Waals surface area (Å²) >= 11 is 0. The van der Waals surface area contributed by atoms with Crippen molar-refractivity contribution >= 4 is 5.69 Å². The monoisotopic (exact) mass is 276 g/mol. The highest BCUT2D eigenvalue weighted by Gasteiger charge is 2.36. The van der Waals surface area contributed by atoms with Crippen molar-refractivity contribution in [1.29, 1.82) is 0 Å². The number of rotatable bonds is 2. The molecule has 1 fully saturated rings. The van der Waals surface area contributed by atoms with E-state index in [2.05, 4.69) is 0 Å². The Morgan fingerprint density at radius 2 is 1.89 bits per heavy atom. The molecule has 2 rings (SSSR count). The van der Waals surface area contributed by atoms with Crippen molar-refractivity contribution in [2.24, 2.45) is 11.7 Å². The van der Waals surface area contributed by atoms with Gasteiger partial charge < -0.3 is 10.6 Å². The molecule has 1 aromatic carbocycles. The third-order valence-corrected chi connectivity index (χ3v) is 3.28. The number of nitrogens with two attached hydrogens (primary N) is 1. The largest absolute Gasteiger partial charge is 0.389 e. The van der Waals surface area contributed by atoms with E-state index >= 15 is 0 Å². The number of benzene rings is 1. The van der Waals surface area contributed by atoms with Gasteiger partial charge in [0, 0.05) is 25.6 Å². The van der Waals surface area contributed by atoms with Gasteiger partial charge in [-0.3, -0.25) is 0 Å².